The number of thiocarbonyl (C=S) groups is 2. The van der Waals surface area contributed by atoms with Gasteiger partial charge in [0.05, 0.1) is 5.25 Å². The van der Waals surface area contributed by atoms with Gasteiger partial charge in [-0.2, -0.15) is 0 Å². The molecule has 0 radical (unpaired) electrons. The minimum absolute atomic E-state index is 0.328. The molecule has 1 aliphatic rings. The molecule has 0 saturated carbocycles. The first-order valence-electron chi connectivity index (χ1n) is 2.82. The lowest BCUT2D eigenvalue weighted by Gasteiger charge is -2.09. The van der Waals surface area contributed by atoms with Crippen molar-refractivity contribution in [3.05, 3.63) is 23.1 Å². The maximum atomic E-state index is 4.80. The van der Waals surface area contributed by atoms with Crippen LogP contribution >= 0.6 is 36.2 Å². The summed E-state index contributed by atoms with van der Waals surface area (Å²) in [6.07, 6.45) is 6.04. The van der Waals surface area contributed by atoms with Crippen LogP contribution in [0.5, 0.6) is 0 Å². The molecule has 1 heterocycles. The number of hydrogen-bond acceptors (Lipinski definition) is 3. The highest BCUT2D eigenvalue weighted by atomic mass is 32.2. The van der Waals surface area contributed by atoms with Crippen molar-refractivity contribution in [2.24, 2.45) is 0 Å². The molecule has 3 heteroatoms. The van der Waals surface area contributed by atoms with Crippen LogP contribution < -0.4 is 0 Å². The second-order valence-electron chi connectivity index (χ2n) is 1.79. The van der Waals surface area contributed by atoms with E-state index in [1.54, 1.807) is 22.5 Å². The van der Waals surface area contributed by atoms with Gasteiger partial charge in [-0.05, 0) is 11.4 Å². The lowest BCUT2D eigenvalue weighted by molar-refractivity contribution is 1.57. The fraction of sp³-hybridized carbons (Fsp3) is 0.143. The zero-order chi connectivity index (χ0) is 7.40. The zero-order valence-corrected chi connectivity index (χ0v) is 7.64. The molecule has 0 aromatic carbocycles. The Morgan fingerprint density at radius 3 is 2.90 bits per heavy atom. The smallest absolute Gasteiger partial charge is 0.0561 e. The number of thioether (sulfide) groups is 1. The Balaban J connectivity index is 2.66. The Hall–Kier alpha value is 0.01000. The summed E-state index contributed by atoms with van der Waals surface area (Å²) in [6.45, 7) is 0. The molecule has 0 fully saturated rings. The van der Waals surface area contributed by atoms with Gasteiger partial charge in [0.25, 0.3) is 0 Å². The minimum Gasteiger partial charge on any atom is -0.113 e. The van der Waals surface area contributed by atoms with Crippen molar-refractivity contribution < 1.29 is 0 Å². The van der Waals surface area contributed by atoms with E-state index >= 15 is 0 Å². The van der Waals surface area contributed by atoms with Crippen molar-refractivity contribution in [2.45, 2.75) is 5.25 Å². The second kappa shape index (κ2) is 4.01. The van der Waals surface area contributed by atoms with Crippen molar-refractivity contribution >= 4 is 46.9 Å². The highest BCUT2D eigenvalue weighted by Gasteiger charge is 2.05. The molecule has 10 heavy (non-hydrogen) atoms. The predicted molar refractivity (Wildman–Crippen MR) is 55.9 cm³/mol. The van der Waals surface area contributed by atoms with Crippen LogP contribution in [0.3, 0.4) is 0 Å². The largest absolute Gasteiger partial charge is 0.113 e. The van der Waals surface area contributed by atoms with Crippen molar-refractivity contribution in [3.63, 3.8) is 0 Å². The Kier molecular flexibility index (Phi) is 3.25. The van der Waals surface area contributed by atoms with Gasteiger partial charge in [0.1, 0.15) is 0 Å². The number of allylic oxidation sites excluding steroid dienone is 3. The third-order valence-corrected chi connectivity index (χ3v) is 3.04. The molecule has 1 rings (SSSR count). The summed E-state index contributed by atoms with van der Waals surface area (Å²) in [5.41, 5.74) is 0. The molecule has 1 atom stereocenters. The first-order valence-corrected chi connectivity index (χ1v) is 4.64. The molecule has 0 aromatic heterocycles. The Morgan fingerprint density at radius 1 is 1.50 bits per heavy atom. The Morgan fingerprint density at radius 2 is 2.30 bits per heavy atom. The quantitative estimate of drug-likeness (QED) is 0.608. The topological polar surface area (TPSA) is 0 Å². The van der Waals surface area contributed by atoms with Gasteiger partial charge < -0.3 is 0 Å². The van der Waals surface area contributed by atoms with Crippen LogP contribution in [0.15, 0.2) is 23.1 Å². The molecule has 0 nitrogen and oxygen atoms in total. The highest BCUT2D eigenvalue weighted by Crippen LogP contribution is 2.24. The van der Waals surface area contributed by atoms with Gasteiger partial charge in [-0.3, -0.25) is 0 Å². The van der Waals surface area contributed by atoms with Crippen LogP contribution in [-0.4, -0.2) is 16.0 Å². The van der Waals surface area contributed by atoms with Crippen molar-refractivity contribution in [2.75, 3.05) is 0 Å². The Labute approximate surface area is 75.4 Å². The molecule has 52 valence electrons. The van der Waals surface area contributed by atoms with Crippen LogP contribution in [0.25, 0.3) is 0 Å². The molecular formula is C7H6S3. The molecule has 0 aliphatic carbocycles. The van der Waals surface area contributed by atoms with Crippen LogP contribution in [0.4, 0.5) is 0 Å². The first kappa shape index (κ1) is 8.11. The standard InChI is InChI=1S/C7H6S3/c8-4-6-2-1-3-7(5-9)10-6/h1-6H. The van der Waals surface area contributed by atoms with E-state index in [9.17, 15) is 0 Å². The van der Waals surface area contributed by atoms with Crippen LogP contribution in [0.2, 0.25) is 0 Å². The summed E-state index contributed by atoms with van der Waals surface area (Å²) in [7, 11) is 0. The van der Waals surface area contributed by atoms with E-state index < -0.39 is 0 Å². The van der Waals surface area contributed by atoms with E-state index in [0.717, 1.165) is 4.91 Å². The lowest BCUT2D eigenvalue weighted by Crippen LogP contribution is -2.01. The average Bonchev–Trinajstić information content (AvgIpc) is 2.05. The molecular weight excluding hydrogens is 180 g/mol. The fourth-order valence-corrected chi connectivity index (χ4v) is 1.89. The monoisotopic (exact) mass is 186 g/mol. The van der Waals surface area contributed by atoms with Gasteiger partial charge in [0.2, 0.25) is 0 Å². The summed E-state index contributed by atoms with van der Waals surface area (Å²) in [6, 6.07) is 0. The van der Waals surface area contributed by atoms with Gasteiger partial charge in [0.15, 0.2) is 0 Å². The fourth-order valence-electron chi connectivity index (χ4n) is 0.636. The van der Waals surface area contributed by atoms with Gasteiger partial charge in [-0.1, -0.05) is 36.6 Å². The van der Waals surface area contributed by atoms with Crippen LogP contribution in [-0.2, 0) is 0 Å². The average molecular weight is 186 g/mol. The highest BCUT2D eigenvalue weighted by molar-refractivity contribution is 8.06. The SMILES string of the molecule is S=CC1=CC=CC(C=S)S1. The normalized spacial score (nSPS) is 23.6. The summed E-state index contributed by atoms with van der Waals surface area (Å²) in [4.78, 5) is 1.11. The predicted octanol–water partition coefficient (Wildman–Crippen LogP) is 2.54. The third kappa shape index (κ3) is 2.01. The number of hydrogen-bond donors (Lipinski definition) is 0. The molecule has 0 spiro atoms. The van der Waals surface area contributed by atoms with Gasteiger partial charge in [0, 0.05) is 10.3 Å². The summed E-state index contributed by atoms with van der Waals surface area (Å²) < 4.78 is 0. The summed E-state index contributed by atoms with van der Waals surface area (Å²) >= 11 is 11.3. The minimum atomic E-state index is 0.328. The van der Waals surface area contributed by atoms with Crippen LogP contribution in [0.1, 0.15) is 0 Å². The van der Waals surface area contributed by atoms with E-state index in [1.165, 1.54) is 0 Å². The van der Waals surface area contributed by atoms with Crippen LogP contribution in [0, 0.1) is 0 Å². The summed E-state index contributed by atoms with van der Waals surface area (Å²) in [5, 5.41) is 3.75. The number of rotatable bonds is 2. The molecule has 1 unspecified atom stereocenters. The lowest BCUT2D eigenvalue weighted by atomic mass is 10.3. The maximum Gasteiger partial charge on any atom is 0.0561 e. The van der Waals surface area contributed by atoms with Crippen molar-refractivity contribution in [1.82, 2.24) is 0 Å². The first-order chi connectivity index (χ1) is 4.86. The second-order valence-corrected chi connectivity index (χ2v) is 3.55. The zero-order valence-electron chi connectivity index (χ0n) is 5.19. The van der Waals surface area contributed by atoms with Crippen molar-refractivity contribution in [1.29, 1.82) is 0 Å². The molecule has 0 saturated heterocycles. The van der Waals surface area contributed by atoms with E-state index in [2.05, 4.69) is 6.08 Å². The molecule has 1 aliphatic heterocycles. The van der Waals surface area contributed by atoms with E-state index in [1.807, 2.05) is 12.2 Å². The molecule has 0 amide bonds. The Bertz CT molecular complexity index is 203. The molecule has 0 N–H and O–H groups in total. The van der Waals surface area contributed by atoms with Gasteiger partial charge >= 0.3 is 0 Å². The third-order valence-electron chi connectivity index (χ3n) is 1.08. The summed E-state index contributed by atoms with van der Waals surface area (Å²) in [5.74, 6) is 0. The van der Waals surface area contributed by atoms with Gasteiger partial charge in [-0.15, -0.1) is 11.8 Å². The van der Waals surface area contributed by atoms with Gasteiger partial charge in [-0.25, -0.2) is 0 Å². The van der Waals surface area contributed by atoms with E-state index in [4.69, 9.17) is 24.4 Å². The maximum absolute atomic E-state index is 4.80. The molecule has 0 bridgehead atoms. The van der Waals surface area contributed by atoms with E-state index in [0.29, 0.717) is 5.25 Å². The van der Waals surface area contributed by atoms with Crippen molar-refractivity contribution in [3.8, 4) is 0 Å². The molecule has 0 aromatic rings. The van der Waals surface area contributed by atoms with E-state index in [-0.39, 0.29) is 0 Å².